The molecule has 0 aromatic carbocycles. The number of rotatable bonds is 4. The van der Waals surface area contributed by atoms with E-state index in [2.05, 4.69) is 11.9 Å². The van der Waals surface area contributed by atoms with Crippen LogP contribution in [0.5, 0.6) is 0 Å². The molecule has 3 heteroatoms. The van der Waals surface area contributed by atoms with Gasteiger partial charge in [-0.05, 0) is 20.3 Å². The lowest BCUT2D eigenvalue weighted by Gasteiger charge is -2.08. The molecule has 1 rings (SSSR count). The predicted octanol–water partition coefficient (Wildman–Crippen LogP) is 2.95. The summed E-state index contributed by atoms with van der Waals surface area (Å²) in [6, 6.07) is 0.200. The molecule has 13 heavy (non-hydrogen) atoms. The van der Waals surface area contributed by atoms with E-state index in [1.165, 1.54) is 17.7 Å². The van der Waals surface area contributed by atoms with Crippen LogP contribution in [-0.2, 0) is 0 Å². The molecule has 0 aliphatic rings. The van der Waals surface area contributed by atoms with Gasteiger partial charge >= 0.3 is 0 Å². The molecule has 2 N–H and O–H groups in total. The number of nitrogens with two attached hydrogens (primary N) is 1. The first-order chi connectivity index (χ1) is 6.15. The van der Waals surface area contributed by atoms with E-state index < -0.39 is 0 Å². The van der Waals surface area contributed by atoms with E-state index in [9.17, 15) is 0 Å². The van der Waals surface area contributed by atoms with Crippen LogP contribution < -0.4 is 5.73 Å². The van der Waals surface area contributed by atoms with E-state index in [4.69, 9.17) is 5.73 Å². The molecule has 1 heterocycles. The third-order valence-corrected chi connectivity index (χ3v) is 3.35. The van der Waals surface area contributed by atoms with Crippen LogP contribution in [0.3, 0.4) is 0 Å². The SMILES string of the molecule is CCCCC(N)c1sc(C)nc1C. The molecule has 1 unspecified atom stereocenters. The highest BCUT2D eigenvalue weighted by Gasteiger charge is 2.12. The van der Waals surface area contributed by atoms with Crippen molar-refractivity contribution in [2.75, 3.05) is 0 Å². The number of thiazole rings is 1. The van der Waals surface area contributed by atoms with E-state index in [-0.39, 0.29) is 6.04 Å². The van der Waals surface area contributed by atoms with Gasteiger partial charge in [-0.3, -0.25) is 0 Å². The van der Waals surface area contributed by atoms with Gasteiger partial charge in [-0.25, -0.2) is 4.98 Å². The van der Waals surface area contributed by atoms with E-state index in [1.54, 1.807) is 11.3 Å². The van der Waals surface area contributed by atoms with Gasteiger partial charge in [0, 0.05) is 10.9 Å². The van der Waals surface area contributed by atoms with Crippen molar-refractivity contribution >= 4 is 11.3 Å². The zero-order valence-corrected chi connectivity index (χ0v) is 9.45. The molecule has 74 valence electrons. The van der Waals surface area contributed by atoms with Crippen LogP contribution in [0.25, 0.3) is 0 Å². The molecule has 0 aliphatic heterocycles. The molecule has 2 nitrogen and oxygen atoms in total. The molecule has 1 aromatic rings. The van der Waals surface area contributed by atoms with Crippen LogP contribution in [0, 0.1) is 13.8 Å². The first-order valence-electron chi connectivity index (χ1n) is 4.84. The summed E-state index contributed by atoms with van der Waals surface area (Å²) >= 11 is 1.74. The van der Waals surface area contributed by atoms with E-state index >= 15 is 0 Å². The molecule has 0 spiro atoms. The first kappa shape index (κ1) is 10.7. The number of aromatic nitrogens is 1. The minimum Gasteiger partial charge on any atom is -0.323 e. The Kier molecular flexibility index (Phi) is 3.88. The standard InChI is InChI=1S/C10H18N2S/c1-4-5-6-9(11)10-7(2)12-8(3)13-10/h9H,4-6,11H2,1-3H3. The lowest BCUT2D eigenvalue weighted by Crippen LogP contribution is -2.09. The van der Waals surface area contributed by atoms with Gasteiger partial charge in [0.15, 0.2) is 0 Å². The third kappa shape index (κ3) is 2.78. The van der Waals surface area contributed by atoms with Crippen molar-refractivity contribution < 1.29 is 0 Å². The number of nitrogens with zero attached hydrogens (tertiary/aromatic N) is 1. The number of unbranched alkanes of at least 4 members (excludes halogenated alkanes) is 1. The number of hydrogen-bond donors (Lipinski definition) is 1. The van der Waals surface area contributed by atoms with Crippen molar-refractivity contribution in [1.82, 2.24) is 4.98 Å². The van der Waals surface area contributed by atoms with Gasteiger partial charge in [-0.2, -0.15) is 0 Å². The van der Waals surface area contributed by atoms with Crippen LogP contribution >= 0.6 is 11.3 Å². The Balaban J connectivity index is 2.64. The second kappa shape index (κ2) is 4.72. The van der Waals surface area contributed by atoms with Crippen LogP contribution in [0.2, 0.25) is 0 Å². The summed E-state index contributed by atoms with van der Waals surface area (Å²) in [6.45, 7) is 6.27. The molecule has 0 fully saturated rings. The summed E-state index contributed by atoms with van der Waals surface area (Å²) in [7, 11) is 0. The zero-order valence-electron chi connectivity index (χ0n) is 8.63. The first-order valence-corrected chi connectivity index (χ1v) is 5.66. The number of hydrogen-bond acceptors (Lipinski definition) is 3. The smallest absolute Gasteiger partial charge is 0.0900 e. The maximum Gasteiger partial charge on any atom is 0.0900 e. The highest BCUT2D eigenvalue weighted by atomic mass is 32.1. The highest BCUT2D eigenvalue weighted by molar-refractivity contribution is 7.11. The summed E-state index contributed by atoms with van der Waals surface area (Å²) < 4.78 is 0. The molecule has 0 bridgehead atoms. The molecule has 1 aromatic heterocycles. The van der Waals surface area contributed by atoms with Crippen molar-refractivity contribution in [2.45, 2.75) is 46.1 Å². The van der Waals surface area contributed by atoms with Gasteiger partial charge in [-0.1, -0.05) is 19.8 Å². The van der Waals surface area contributed by atoms with Crippen molar-refractivity contribution in [3.63, 3.8) is 0 Å². The summed E-state index contributed by atoms with van der Waals surface area (Å²) in [4.78, 5) is 5.65. The maximum atomic E-state index is 6.07. The molecular formula is C10H18N2S. The molecule has 0 saturated carbocycles. The summed E-state index contributed by atoms with van der Waals surface area (Å²) in [5.41, 5.74) is 7.18. The van der Waals surface area contributed by atoms with Crippen molar-refractivity contribution in [3.05, 3.63) is 15.6 Å². The van der Waals surface area contributed by atoms with Crippen LogP contribution in [0.15, 0.2) is 0 Å². The lowest BCUT2D eigenvalue weighted by molar-refractivity contribution is 0.608. The van der Waals surface area contributed by atoms with Crippen molar-refractivity contribution in [2.24, 2.45) is 5.73 Å². The number of aryl methyl sites for hydroxylation is 2. The van der Waals surface area contributed by atoms with Gasteiger partial charge in [0.05, 0.1) is 10.7 Å². The Morgan fingerprint density at radius 1 is 1.46 bits per heavy atom. The van der Waals surface area contributed by atoms with Gasteiger partial charge in [0.25, 0.3) is 0 Å². The average molecular weight is 198 g/mol. The fourth-order valence-corrected chi connectivity index (χ4v) is 2.41. The molecular weight excluding hydrogens is 180 g/mol. The largest absolute Gasteiger partial charge is 0.323 e. The second-order valence-electron chi connectivity index (χ2n) is 3.43. The minimum absolute atomic E-state index is 0.200. The quantitative estimate of drug-likeness (QED) is 0.808. The van der Waals surface area contributed by atoms with E-state index in [0.29, 0.717) is 0 Å². The molecule has 0 radical (unpaired) electrons. The zero-order chi connectivity index (χ0) is 9.84. The minimum atomic E-state index is 0.200. The summed E-state index contributed by atoms with van der Waals surface area (Å²) in [5.74, 6) is 0. The van der Waals surface area contributed by atoms with Crippen LogP contribution in [0.4, 0.5) is 0 Å². The Morgan fingerprint density at radius 2 is 2.15 bits per heavy atom. The van der Waals surface area contributed by atoms with Gasteiger partial charge in [0.1, 0.15) is 0 Å². The Hall–Kier alpha value is -0.410. The predicted molar refractivity (Wildman–Crippen MR) is 58.0 cm³/mol. The van der Waals surface area contributed by atoms with Gasteiger partial charge < -0.3 is 5.73 Å². The Bertz CT molecular complexity index is 268. The van der Waals surface area contributed by atoms with E-state index in [1.807, 2.05) is 13.8 Å². The van der Waals surface area contributed by atoms with Crippen LogP contribution in [0.1, 0.15) is 47.8 Å². The molecule has 0 amide bonds. The summed E-state index contributed by atoms with van der Waals surface area (Å²) in [5, 5.41) is 1.12. The van der Waals surface area contributed by atoms with Gasteiger partial charge in [-0.15, -0.1) is 11.3 Å². The maximum absolute atomic E-state index is 6.07. The van der Waals surface area contributed by atoms with Gasteiger partial charge in [0.2, 0.25) is 0 Å². The van der Waals surface area contributed by atoms with Crippen molar-refractivity contribution in [1.29, 1.82) is 0 Å². The second-order valence-corrected chi connectivity index (χ2v) is 4.67. The fraction of sp³-hybridized carbons (Fsp3) is 0.700. The average Bonchev–Trinajstić information content (AvgIpc) is 2.41. The van der Waals surface area contributed by atoms with Crippen LogP contribution in [-0.4, -0.2) is 4.98 Å². The monoisotopic (exact) mass is 198 g/mol. The Labute approximate surface area is 84.2 Å². The lowest BCUT2D eigenvalue weighted by atomic mass is 10.1. The normalized spacial score (nSPS) is 13.2. The van der Waals surface area contributed by atoms with Crippen molar-refractivity contribution in [3.8, 4) is 0 Å². The highest BCUT2D eigenvalue weighted by Crippen LogP contribution is 2.26. The topological polar surface area (TPSA) is 38.9 Å². The Morgan fingerprint density at radius 3 is 2.62 bits per heavy atom. The van der Waals surface area contributed by atoms with E-state index in [0.717, 1.165) is 17.1 Å². The molecule has 0 saturated heterocycles. The molecule has 0 aliphatic carbocycles. The third-order valence-electron chi connectivity index (χ3n) is 2.14. The molecule has 1 atom stereocenters. The fourth-order valence-electron chi connectivity index (χ4n) is 1.45. The summed E-state index contributed by atoms with van der Waals surface area (Å²) in [6.07, 6.45) is 3.50.